The van der Waals surface area contributed by atoms with Gasteiger partial charge in [0.2, 0.25) is 0 Å². The first kappa shape index (κ1) is 19.7. The Bertz CT molecular complexity index is 933. The molecular formula is C19H25N5O4. The van der Waals surface area contributed by atoms with E-state index < -0.39 is 5.97 Å². The summed E-state index contributed by atoms with van der Waals surface area (Å²) < 4.78 is 7.76. The van der Waals surface area contributed by atoms with Crippen LogP contribution in [0.1, 0.15) is 41.9 Å². The number of aromatic nitrogens is 3. The number of para-hydroxylation sites is 1. The standard InChI is InChI=1S/C19H25N5O4/c1-4-24-16(21-22(2)19(24)27)13-8-7-11-23(12-13)18(26)20-15-10-6-5-9-14(15)17(25)28-3/h5-6,9-10,13H,4,7-8,11-12H2,1-3H3,(H,20,26)/t13-/m0/s1. The summed E-state index contributed by atoms with van der Waals surface area (Å²) in [4.78, 5) is 38.6. The number of hydrogen-bond donors (Lipinski definition) is 1. The van der Waals surface area contributed by atoms with Crippen molar-refractivity contribution in [3.05, 3.63) is 46.1 Å². The topological polar surface area (TPSA) is 98.5 Å². The van der Waals surface area contributed by atoms with Gasteiger partial charge in [-0.2, -0.15) is 5.10 Å². The molecule has 0 unspecified atom stereocenters. The minimum absolute atomic E-state index is 0.01000. The average molecular weight is 387 g/mol. The lowest BCUT2D eigenvalue weighted by atomic mass is 9.97. The number of benzene rings is 1. The van der Waals surface area contributed by atoms with Crippen molar-refractivity contribution >= 4 is 17.7 Å². The van der Waals surface area contributed by atoms with Crippen molar-refractivity contribution in [3.63, 3.8) is 0 Å². The molecule has 1 N–H and O–H groups in total. The fourth-order valence-corrected chi connectivity index (χ4v) is 3.57. The molecule has 2 heterocycles. The highest BCUT2D eigenvalue weighted by Crippen LogP contribution is 2.26. The predicted octanol–water partition coefficient (Wildman–Crippen LogP) is 1.80. The fraction of sp³-hybridized carbons (Fsp3) is 0.474. The third kappa shape index (κ3) is 3.78. The number of carbonyl (C=O) groups is 2. The number of ether oxygens (including phenoxy) is 1. The number of likely N-dealkylation sites (tertiary alicyclic amines) is 1. The smallest absolute Gasteiger partial charge is 0.345 e. The van der Waals surface area contributed by atoms with Crippen molar-refractivity contribution in [2.75, 3.05) is 25.5 Å². The van der Waals surface area contributed by atoms with E-state index in [2.05, 4.69) is 10.4 Å². The maximum Gasteiger partial charge on any atom is 0.345 e. The minimum atomic E-state index is -0.507. The first-order valence-electron chi connectivity index (χ1n) is 9.33. The second-order valence-corrected chi connectivity index (χ2v) is 6.76. The molecule has 1 atom stereocenters. The lowest BCUT2D eigenvalue weighted by Crippen LogP contribution is -2.42. The van der Waals surface area contributed by atoms with Crippen LogP contribution in [0.3, 0.4) is 0 Å². The van der Waals surface area contributed by atoms with Gasteiger partial charge >= 0.3 is 17.7 Å². The predicted molar refractivity (Wildman–Crippen MR) is 103 cm³/mol. The van der Waals surface area contributed by atoms with Gasteiger partial charge < -0.3 is 15.0 Å². The zero-order valence-corrected chi connectivity index (χ0v) is 16.3. The monoisotopic (exact) mass is 387 g/mol. The fourth-order valence-electron chi connectivity index (χ4n) is 3.57. The van der Waals surface area contributed by atoms with Crippen LogP contribution in [-0.2, 0) is 18.3 Å². The van der Waals surface area contributed by atoms with E-state index in [-0.39, 0.29) is 17.6 Å². The van der Waals surface area contributed by atoms with Gasteiger partial charge in [0.05, 0.1) is 18.4 Å². The molecule has 1 aromatic heterocycles. The number of methoxy groups -OCH3 is 1. The molecule has 1 saturated heterocycles. The number of carbonyl (C=O) groups excluding carboxylic acids is 2. The van der Waals surface area contributed by atoms with E-state index in [9.17, 15) is 14.4 Å². The maximum atomic E-state index is 12.8. The molecule has 9 heteroatoms. The zero-order chi connectivity index (χ0) is 20.3. The van der Waals surface area contributed by atoms with Crippen LogP contribution in [-0.4, -0.2) is 51.4 Å². The van der Waals surface area contributed by atoms with Crippen LogP contribution in [0.4, 0.5) is 10.5 Å². The van der Waals surface area contributed by atoms with Gasteiger partial charge in [-0.1, -0.05) is 12.1 Å². The Labute approximate surface area is 162 Å². The largest absolute Gasteiger partial charge is 0.465 e. The third-order valence-corrected chi connectivity index (χ3v) is 5.00. The third-order valence-electron chi connectivity index (χ3n) is 5.00. The van der Waals surface area contributed by atoms with Crippen LogP contribution >= 0.6 is 0 Å². The van der Waals surface area contributed by atoms with Crippen molar-refractivity contribution in [2.24, 2.45) is 7.05 Å². The lowest BCUT2D eigenvalue weighted by molar-refractivity contribution is 0.0602. The van der Waals surface area contributed by atoms with Gasteiger partial charge in [0.15, 0.2) is 0 Å². The molecule has 1 aromatic carbocycles. The molecule has 0 radical (unpaired) electrons. The number of esters is 1. The van der Waals surface area contributed by atoms with Crippen molar-refractivity contribution in [3.8, 4) is 0 Å². The van der Waals surface area contributed by atoms with Crippen LogP contribution in [0.2, 0.25) is 0 Å². The van der Waals surface area contributed by atoms with Crippen LogP contribution < -0.4 is 11.0 Å². The number of hydrogen-bond acceptors (Lipinski definition) is 5. The van der Waals surface area contributed by atoms with Gasteiger partial charge in [-0.25, -0.2) is 19.1 Å². The first-order valence-corrected chi connectivity index (χ1v) is 9.33. The Balaban J connectivity index is 1.77. The number of nitrogens with one attached hydrogen (secondary N) is 1. The number of aryl methyl sites for hydroxylation is 1. The molecule has 0 spiro atoms. The molecule has 0 saturated carbocycles. The highest BCUT2D eigenvalue weighted by molar-refractivity contribution is 6.00. The normalized spacial score (nSPS) is 16.7. The van der Waals surface area contributed by atoms with Gasteiger partial charge in [-0.05, 0) is 31.9 Å². The summed E-state index contributed by atoms with van der Waals surface area (Å²) in [6, 6.07) is 6.44. The number of rotatable bonds is 4. The second kappa shape index (κ2) is 8.28. The number of amides is 2. The van der Waals surface area contributed by atoms with E-state index in [1.807, 2.05) is 6.92 Å². The Morgan fingerprint density at radius 2 is 2.07 bits per heavy atom. The molecule has 150 valence electrons. The second-order valence-electron chi connectivity index (χ2n) is 6.76. The Morgan fingerprint density at radius 1 is 1.32 bits per heavy atom. The van der Waals surface area contributed by atoms with Crippen molar-refractivity contribution in [1.82, 2.24) is 19.2 Å². The Kier molecular flexibility index (Phi) is 5.81. The summed E-state index contributed by atoms with van der Waals surface area (Å²) in [7, 11) is 2.94. The summed E-state index contributed by atoms with van der Waals surface area (Å²) in [6.45, 7) is 3.51. The summed E-state index contributed by atoms with van der Waals surface area (Å²) in [5.74, 6) is 0.194. The quantitative estimate of drug-likeness (QED) is 0.807. The number of nitrogens with zero attached hydrogens (tertiary/aromatic N) is 4. The molecule has 28 heavy (non-hydrogen) atoms. The minimum Gasteiger partial charge on any atom is -0.465 e. The molecule has 1 fully saturated rings. The molecule has 1 aliphatic rings. The van der Waals surface area contributed by atoms with E-state index in [0.717, 1.165) is 12.8 Å². The highest BCUT2D eigenvalue weighted by atomic mass is 16.5. The first-order chi connectivity index (χ1) is 13.5. The van der Waals surface area contributed by atoms with Gasteiger partial charge in [0, 0.05) is 32.6 Å². The maximum absolute atomic E-state index is 12.8. The molecular weight excluding hydrogens is 362 g/mol. The van der Waals surface area contributed by atoms with Gasteiger partial charge in [0.25, 0.3) is 0 Å². The van der Waals surface area contributed by atoms with E-state index in [0.29, 0.717) is 36.7 Å². The molecule has 0 bridgehead atoms. The zero-order valence-electron chi connectivity index (χ0n) is 16.3. The molecule has 0 aliphatic carbocycles. The van der Waals surface area contributed by atoms with Crippen LogP contribution in [0.25, 0.3) is 0 Å². The van der Waals surface area contributed by atoms with Gasteiger partial charge in [0.1, 0.15) is 5.82 Å². The SMILES string of the molecule is CCn1c([C@H]2CCCN(C(=O)Nc3ccccc3C(=O)OC)C2)nn(C)c1=O. The van der Waals surface area contributed by atoms with Crippen LogP contribution in [0.15, 0.2) is 29.1 Å². The Morgan fingerprint density at radius 3 is 2.79 bits per heavy atom. The van der Waals surface area contributed by atoms with Crippen LogP contribution in [0, 0.1) is 0 Å². The van der Waals surface area contributed by atoms with Crippen molar-refractivity contribution in [1.29, 1.82) is 0 Å². The van der Waals surface area contributed by atoms with Gasteiger partial charge in [-0.3, -0.25) is 4.57 Å². The molecule has 9 nitrogen and oxygen atoms in total. The van der Waals surface area contributed by atoms with Gasteiger partial charge in [-0.15, -0.1) is 0 Å². The molecule has 2 amide bonds. The van der Waals surface area contributed by atoms with E-state index >= 15 is 0 Å². The Hall–Kier alpha value is -3.10. The summed E-state index contributed by atoms with van der Waals surface area (Å²) in [6.07, 6.45) is 1.67. The van der Waals surface area contributed by atoms with E-state index in [1.54, 1.807) is 40.8 Å². The molecule has 2 aromatic rings. The molecule has 3 rings (SSSR count). The average Bonchev–Trinajstić information content (AvgIpc) is 3.01. The van der Waals surface area contributed by atoms with E-state index in [1.165, 1.54) is 11.8 Å². The summed E-state index contributed by atoms with van der Waals surface area (Å²) in [5.41, 5.74) is 0.562. The lowest BCUT2D eigenvalue weighted by Gasteiger charge is -2.32. The van der Waals surface area contributed by atoms with E-state index in [4.69, 9.17) is 4.74 Å². The van der Waals surface area contributed by atoms with Crippen molar-refractivity contribution in [2.45, 2.75) is 32.2 Å². The summed E-state index contributed by atoms with van der Waals surface area (Å²) >= 11 is 0. The van der Waals surface area contributed by atoms with Crippen LogP contribution in [0.5, 0.6) is 0 Å². The highest BCUT2D eigenvalue weighted by Gasteiger charge is 2.29. The molecule has 1 aliphatic heterocycles. The number of piperidine rings is 1. The van der Waals surface area contributed by atoms with Crippen molar-refractivity contribution < 1.29 is 14.3 Å². The number of anilines is 1. The summed E-state index contributed by atoms with van der Waals surface area (Å²) in [5, 5.41) is 7.18. The number of urea groups is 1.